The number of carbonyl (C=O) groups excluding carboxylic acids is 2. The molecule has 1 heterocycles. The van der Waals surface area contributed by atoms with Gasteiger partial charge >= 0.3 is 0 Å². The average molecular weight is 556 g/mol. The van der Waals surface area contributed by atoms with Gasteiger partial charge in [-0.15, -0.1) is 0 Å². The van der Waals surface area contributed by atoms with Crippen molar-refractivity contribution in [2.45, 2.75) is 46.5 Å². The number of methoxy groups -OCH3 is 1. The summed E-state index contributed by atoms with van der Waals surface area (Å²) in [5.74, 6) is 1.23. The van der Waals surface area contributed by atoms with Gasteiger partial charge in [0.05, 0.1) is 18.5 Å². The van der Waals surface area contributed by atoms with Crippen molar-refractivity contribution in [3.05, 3.63) is 70.3 Å². The smallest absolute Gasteiger partial charge is 0.254 e. The van der Waals surface area contributed by atoms with Gasteiger partial charge in [-0.1, -0.05) is 56.6 Å². The second-order valence-corrected chi connectivity index (χ2v) is 11.2. The Kier molecular flexibility index (Phi) is 8.95. The van der Waals surface area contributed by atoms with E-state index in [4.69, 9.17) is 9.84 Å². The van der Waals surface area contributed by atoms with Gasteiger partial charge in [-0.25, -0.2) is 4.68 Å². The number of rotatable bonds is 9. The van der Waals surface area contributed by atoms with Gasteiger partial charge in [0.1, 0.15) is 18.1 Å². The molecule has 192 valence electrons. The molecular weight excluding hydrogens is 520 g/mol. The average Bonchev–Trinajstić information content (AvgIpc) is 3.25. The van der Waals surface area contributed by atoms with Gasteiger partial charge in [0.15, 0.2) is 0 Å². The number of nitrogens with one attached hydrogen (secondary N) is 1. The molecule has 3 rings (SSSR count). The third kappa shape index (κ3) is 7.20. The van der Waals surface area contributed by atoms with Crippen molar-refractivity contribution in [3.63, 3.8) is 0 Å². The molecule has 0 aliphatic heterocycles. The number of benzene rings is 2. The molecule has 36 heavy (non-hydrogen) atoms. The van der Waals surface area contributed by atoms with Crippen molar-refractivity contribution in [3.8, 4) is 11.4 Å². The first-order valence-corrected chi connectivity index (χ1v) is 12.9. The van der Waals surface area contributed by atoms with Gasteiger partial charge in [0.25, 0.3) is 5.91 Å². The van der Waals surface area contributed by atoms with Crippen molar-refractivity contribution < 1.29 is 14.3 Å². The van der Waals surface area contributed by atoms with Crippen LogP contribution in [0.4, 0.5) is 5.82 Å². The Morgan fingerprint density at radius 3 is 2.39 bits per heavy atom. The zero-order valence-electron chi connectivity index (χ0n) is 21.8. The normalized spacial score (nSPS) is 11.4. The summed E-state index contributed by atoms with van der Waals surface area (Å²) in [6, 6.07) is 16.6. The summed E-state index contributed by atoms with van der Waals surface area (Å²) in [6.45, 7) is 10.8. The van der Waals surface area contributed by atoms with Crippen LogP contribution in [0.5, 0.6) is 5.75 Å². The topological polar surface area (TPSA) is 76.5 Å². The van der Waals surface area contributed by atoms with Crippen molar-refractivity contribution in [1.29, 1.82) is 0 Å². The minimum absolute atomic E-state index is 0.0588. The van der Waals surface area contributed by atoms with E-state index in [0.29, 0.717) is 23.8 Å². The minimum atomic E-state index is -0.280. The lowest BCUT2D eigenvalue weighted by Gasteiger charge is -2.23. The molecule has 0 saturated carbocycles. The van der Waals surface area contributed by atoms with Crippen LogP contribution in [0.15, 0.2) is 59.1 Å². The van der Waals surface area contributed by atoms with Gasteiger partial charge in [-0.05, 0) is 54.8 Å². The summed E-state index contributed by atoms with van der Waals surface area (Å²) >= 11 is 3.43. The zero-order valence-corrected chi connectivity index (χ0v) is 23.4. The lowest BCUT2D eigenvalue weighted by molar-refractivity contribution is -0.117. The third-order valence-corrected chi connectivity index (χ3v) is 6.23. The molecule has 0 aliphatic carbocycles. The zero-order chi connectivity index (χ0) is 26.5. The molecular formula is C28H35BrN4O3. The summed E-state index contributed by atoms with van der Waals surface area (Å²) in [4.78, 5) is 28.1. The summed E-state index contributed by atoms with van der Waals surface area (Å²) < 4.78 is 7.80. The second-order valence-electron chi connectivity index (χ2n) is 10.2. The lowest BCUT2D eigenvalue weighted by atomic mass is 9.92. The van der Waals surface area contributed by atoms with E-state index in [1.807, 2.05) is 42.5 Å². The molecule has 0 bridgehead atoms. The van der Waals surface area contributed by atoms with Crippen molar-refractivity contribution in [2.24, 2.45) is 5.92 Å². The number of amides is 2. The van der Waals surface area contributed by atoms with Gasteiger partial charge in [-0.3, -0.25) is 9.59 Å². The van der Waals surface area contributed by atoms with Crippen molar-refractivity contribution >= 4 is 33.6 Å². The Morgan fingerprint density at radius 2 is 1.81 bits per heavy atom. The highest BCUT2D eigenvalue weighted by atomic mass is 79.9. The van der Waals surface area contributed by atoms with E-state index in [0.717, 1.165) is 28.0 Å². The second kappa shape index (κ2) is 11.7. The molecule has 0 spiro atoms. The van der Waals surface area contributed by atoms with Crippen LogP contribution >= 0.6 is 15.9 Å². The number of aromatic nitrogens is 2. The van der Waals surface area contributed by atoms with E-state index in [-0.39, 0.29) is 23.8 Å². The van der Waals surface area contributed by atoms with Gasteiger partial charge in [-0.2, -0.15) is 5.10 Å². The predicted octanol–water partition coefficient (Wildman–Crippen LogP) is 6.07. The molecule has 3 aromatic rings. The van der Waals surface area contributed by atoms with Crippen LogP contribution in [0, 0.1) is 5.92 Å². The van der Waals surface area contributed by atoms with Crippen molar-refractivity contribution in [1.82, 2.24) is 14.7 Å². The van der Waals surface area contributed by atoms with E-state index < -0.39 is 0 Å². The van der Waals surface area contributed by atoms with Crippen LogP contribution in [0.2, 0.25) is 0 Å². The van der Waals surface area contributed by atoms with E-state index in [1.54, 1.807) is 28.8 Å². The molecule has 1 aromatic heterocycles. The number of nitrogens with zero attached hydrogens (tertiary/aromatic N) is 3. The fraction of sp³-hybridized carbons (Fsp3) is 0.393. The lowest BCUT2D eigenvalue weighted by Crippen LogP contribution is -2.39. The van der Waals surface area contributed by atoms with Crippen LogP contribution in [-0.4, -0.2) is 46.7 Å². The highest BCUT2D eigenvalue weighted by Crippen LogP contribution is 2.27. The van der Waals surface area contributed by atoms with Gasteiger partial charge in [0.2, 0.25) is 5.91 Å². The number of carbonyl (C=O) groups is 2. The fourth-order valence-corrected chi connectivity index (χ4v) is 3.98. The Labute approximate surface area is 222 Å². The summed E-state index contributed by atoms with van der Waals surface area (Å²) in [6.07, 6.45) is 0.797. The van der Waals surface area contributed by atoms with E-state index in [2.05, 4.69) is 55.9 Å². The number of hydrogen-bond acceptors (Lipinski definition) is 4. The highest BCUT2D eigenvalue weighted by molar-refractivity contribution is 9.10. The third-order valence-electron chi connectivity index (χ3n) is 5.73. The highest BCUT2D eigenvalue weighted by Gasteiger charge is 2.24. The summed E-state index contributed by atoms with van der Waals surface area (Å²) in [7, 11) is 1.62. The molecule has 8 heteroatoms. The van der Waals surface area contributed by atoms with Crippen LogP contribution in [0.3, 0.4) is 0 Å². The van der Waals surface area contributed by atoms with Crippen LogP contribution < -0.4 is 10.1 Å². The molecule has 1 N–H and O–H groups in total. The van der Waals surface area contributed by atoms with Crippen molar-refractivity contribution in [2.75, 3.05) is 25.5 Å². The maximum atomic E-state index is 13.3. The Balaban J connectivity index is 1.86. The molecule has 0 aliphatic rings. The molecule has 0 saturated heterocycles. The number of halogens is 1. The number of anilines is 1. The predicted molar refractivity (Wildman–Crippen MR) is 147 cm³/mol. The molecule has 2 amide bonds. The van der Waals surface area contributed by atoms with Crippen LogP contribution in [-0.2, 0) is 10.2 Å². The first kappa shape index (κ1) is 27.5. The number of ether oxygens (including phenoxy) is 1. The maximum Gasteiger partial charge on any atom is 0.254 e. The summed E-state index contributed by atoms with van der Waals surface area (Å²) in [5, 5.41) is 7.76. The maximum absolute atomic E-state index is 13.3. The Morgan fingerprint density at radius 1 is 1.11 bits per heavy atom. The first-order valence-electron chi connectivity index (χ1n) is 12.1. The van der Waals surface area contributed by atoms with Gasteiger partial charge < -0.3 is 15.0 Å². The molecule has 2 aromatic carbocycles. The SMILES string of the molecule is COc1ccc(-n2nc(C(C)(C)C)cc2NC(=O)CN(CCC(C)C)C(=O)c2cccc(Br)c2)cc1. The molecule has 7 nitrogen and oxygen atoms in total. The monoisotopic (exact) mass is 554 g/mol. The van der Waals surface area contributed by atoms with E-state index in [9.17, 15) is 9.59 Å². The van der Waals surface area contributed by atoms with Crippen LogP contribution in [0.25, 0.3) is 5.69 Å². The number of hydrogen-bond donors (Lipinski definition) is 1. The Bertz CT molecular complexity index is 1200. The molecule has 0 radical (unpaired) electrons. The standard InChI is InChI=1S/C28H35BrN4O3/c1-19(2)14-15-32(27(35)20-8-7-9-21(29)16-20)18-26(34)30-25-17-24(28(3,4)5)31-33(25)22-10-12-23(36-6)13-11-22/h7-13,16-17,19H,14-15,18H2,1-6H3,(H,30,34). The molecule has 0 unspecified atom stereocenters. The molecule has 0 atom stereocenters. The first-order chi connectivity index (χ1) is 17.0. The quantitative estimate of drug-likeness (QED) is 0.348. The molecule has 0 fully saturated rings. The Hall–Kier alpha value is -3.13. The van der Waals surface area contributed by atoms with Crippen LogP contribution in [0.1, 0.15) is 57.1 Å². The van der Waals surface area contributed by atoms with Gasteiger partial charge in [0, 0.05) is 28.1 Å². The minimum Gasteiger partial charge on any atom is -0.497 e. The fourth-order valence-electron chi connectivity index (χ4n) is 3.58. The summed E-state index contributed by atoms with van der Waals surface area (Å²) in [5.41, 5.74) is 1.97. The largest absolute Gasteiger partial charge is 0.497 e. The van der Waals surface area contributed by atoms with E-state index in [1.165, 1.54) is 0 Å². The van der Waals surface area contributed by atoms with E-state index >= 15 is 0 Å².